The van der Waals surface area contributed by atoms with Crippen molar-refractivity contribution in [2.75, 3.05) is 0 Å². The normalized spacial score (nSPS) is 11.6. The fraction of sp³-hybridized carbons (Fsp3) is 0.143. The van der Waals surface area contributed by atoms with E-state index in [-0.39, 0.29) is 0 Å². The van der Waals surface area contributed by atoms with Gasteiger partial charge in [0.05, 0.1) is 0 Å². The van der Waals surface area contributed by atoms with Gasteiger partial charge >= 0.3 is 0 Å². The molecule has 0 aliphatic rings. The van der Waals surface area contributed by atoms with Crippen LogP contribution in [0.5, 0.6) is 0 Å². The predicted molar refractivity (Wildman–Crippen MR) is 101 cm³/mol. The monoisotopic (exact) mass is 456 g/mol. The molecule has 0 nitrogen and oxygen atoms in total. The van der Waals surface area contributed by atoms with Crippen molar-refractivity contribution in [3.8, 4) is 0 Å². The zero-order valence-electron chi connectivity index (χ0n) is 10.6. The maximum Gasteiger partial charge on any atom is 0.216 e. The van der Waals surface area contributed by atoms with Gasteiger partial charge in [-0.25, -0.2) is 0 Å². The molecule has 0 atom stereocenters. The van der Waals surface area contributed by atoms with Crippen molar-refractivity contribution in [3.63, 3.8) is 0 Å². The summed E-state index contributed by atoms with van der Waals surface area (Å²) in [4.78, 5) is 0. The van der Waals surface area contributed by atoms with E-state index in [1.807, 2.05) is 0 Å². The molecule has 0 saturated heterocycles. The second kappa shape index (κ2) is 8.74. The molecule has 22 heavy (non-hydrogen) atoms. The highest BCUT2D eigenvalue weighted by Gasteiger charge is 2.22. The van der Waals surface area contributed by atoms with Crippen LogP contribution in [0.15, 0.2) is 48.5 Å². The Balaban J connectivity index is 0.000000220. The first-order valence-corrected chi connectivity index (χ1v) is 8.68. The fourth-order valence-corrected chi connectivity index (χ4v) is 2.35. The van der Waals surface area contributed by atoms with E-state index in [0.29, 0.717) is 21.2 Å². The average molecular weight is 460 g/mol. The van der Waals surface area contributed by atoms with Gasteiger partial charge in [-0.15, -0.1) is 0 Å². The SMILES string of the molecule is Clc1ccc(C(Cl)(Cl)Cl)cc1.Clc1cccc(C(Cl)(Cl)Cl)c1. The first-order valence-electron chi connectivity index (χ1n) is 5.65. The first-order chi connectivity index (χ1) is 10.00. The molecule has 0 aliphatic heterocycles. The largest absolute Gasteiger partial charge is 0.216 e. The molecule has 0 unspecified atom stereocenters. The topological polar surface area (TPSA) is 0 Å². The molecule has 0 fully saturated rings. The van der Waals surface area contributed by atoms with Gasteiger partial charge in [0.1, 0.15) is 0 Å². The van der Waals surface area contributed by atoms with Crippen LogP contribution in [0.4, 0.5) is 0 Å². The minimum atomic E-state index is -1.38. The second-order valence-electron chi connectivity index (χ2n) is 4.01. The van der Waals surface area contributed by atoms with E-state index in [1.54, 1.807) is 48.5 Å². The third kappa shape index (κ3) is 7.55. The van der Waals surface area contributed by atoms with Crippen molar-refractivity contribution in [3.05, 3.63) is 69.7 Å². The number of hydrogen-bond acceptors (Lipinski definition) is 0. The van der Waals surface area contributed by atoms with Crippen LogP contribution >= 0.6 is 92.8 Å². The molecular formula is C14H8Cl8. The van der Waals surface area contributed by atoms with E-state index in [2.05, 4.69) is 0 Å². The summed E-state index contributed by atoms with van der Waals surface area (Å²) in [5.74, 6) is 0. The minimum Gasteiger partial charge on any atom is -0.0843 e. The highest BCUT2D eigenvalue weighted by Crippen LogP contribution is 2.39. The first kappa shape index (κ1) is 20.8. The summed E-state index contributed by atoms with van der Waals surface area (Å²) < 4.78 is -2.74. The van der Waals surface area contributed by atoms with E-state index in [1.165, 1.54) is 0 Å². The van der Waals surface area contributed by atoms with Crippen LogP contribution in [-0.2, 0) is 7.59 Å². The van der Waals surface area contributed by atoms with Gasteiger partial charge in [-0.3, -0.25) is 0 Å². The minimum absolute atomic E-state index is 0.564. The molecule has 0 aromatic heterocycles. The van der Waals surface area contributed by atoms with Gasteiger partial charge in [0.15, 0.2) is 0 Å². The molecule has 8 heteroatoms. The van der Waals surface area contributed by atoms with Gasteiger partial charge in [0.25, 0.3) is 0 Å². The number of rotatable bonds is 0. The van der Waals surface area contributed by atoms with Crippen molar-refractivity contribution in [2.24, 2.45) is 0 Å². The number of halogens is 8. The van der Waals surface area contributed by atoms with E-state index >= 15 is 0 Å². The highest BCUT2D eigenvalue weighted by molar-refractivity contribution is 6.67. The Morgan fingerprint density at radius 2 is 1.05 bits per heavy atom. The van der Waals surface area contributed by atoms with Gasteiger partial charge in [-0.1, -0.05) is 117 Å². The van der Waals surface area contributed by atoms with Crippen LogP contribution in [0.2, 0.25) is 10.0 Å². The number of hydrogen-bond donors (Lipinski definition) is 0. The summed E-state index contributed by atoms with van der Waals surface area (Å²) in [5, 5.41) is 1.19. The number of alkyl halides is 6. The fourth-order valence-electron chi connectivity index (χ4n) is 1.30. The molecular weight excluding hydrogens is 452 g/mol. The van der Waals surface area contributed by atoms with Gasteiger partial charge in [-0.05, 0) is 24.3 Å². The molecule has 0 radical (unpaired) electrons. The van der Waals surface area contributed by atoms with Crippen molar-refractivity contribution < 1.29 is 0 Å². The van der Waals surface area contributed by atoms with E-state index in [9.17, 15) is 0 Å². The summed E-state index contributed by atoms with van der Waals surface area (Å²) in [6.45, 7) is 0. The lowest BCUT2D eigenvalue weighted by atomic mass is 10.2. The summed E-state index contributed by atoms with van der Waals surface area (Å²) in [5.41, 5.74) is 1.20. The predicted octanol–water partition coefficient (Wildman–Crippen LogP) is 8.33. The quantitative estimate of drug-likeness (QED) is 0.347. The zero-order valence-corrected chi connectivity index (χ0v) is 16.7. The molecule has 2 aromatic carbocycles. The van der Waals surface area contributed by atoms with Crippen LogP contribution in [-0.4, -0.2) is 0 Å². The molecule has 2 rings (SSSR count). The Morgan fingerprint density at radius 3 is 1.41 bits per heavy atom. The lowest BCUT2D eigenvalue weighted by molar-refractivity contribution is 1.24. The molecule has 0 aliphatic carbocycles. The standard InChI is InChI=1S/2C7H4Cl4/c8-6-3-1-5(2-4-6)7(9,10)11;8-6-3-1-2-5(4-6)7(9,10)11/h2*1-4H. The Labute approximate surface area is 169 Å². The van der Waals surface area contributed by atoms with Gasteiger partial charge in [0.2, 0.25) is 7.59 Å². The lowest BCUT2D eigenvalue weighted by Crippen LogP contribution is -1.98. The second-order valence-corrected chi connectivity index (χ2v) is 9.45. The Kier molecular flexibility index (Phi) is 8.26. The third-order valence-electron chi connectivity index (χ3n) is 2.32. The van der Waals surface area contributed by atoms with E-state index in [0.717, 1.165) is 0 Å². The smallest absolute Gasteiger partial charge is 0.0843 e. The molecule has 0 N–H and O–H groups in total. The van der Waals surface area contributed by atoms with Crippen LogP contribution in [0.1, 0.15) is 11.1 Å². The summed E-state index contributed by atoms with van der Waals surface area (Å²) >= 11 is 44.9. The van der Waals surface area contributed by atoms with Crippen LogP contribution in [0, 0.1) is 0 Å². The van der Waals surface area contributed by atoms with Gasteiger partial charge in [-0.2, -0.15) is 0 Å². The maximum atomic E-state index is 5.67. The van der Waals surface area contributed by atoms with Crippen LogP contribution in [0.25, 0.3) is 0 Å². The van der Waals surface area contributed by atoms with Crippen molar-refractivity contribution in [2.45, 2.75) is 7.59 Å². The van der Waals surface area contributed by atoms with Crippen molar-refractivity contribution >= 4 is 92.8 Å². The van der Waals surface area contributed by atoms with E-state index in [4.69, 9.17) is 92.8 Å². The third-order valence-corrected chi connectivity index (χ3v) is 4.12. The Morgan fingerprint density at radius 1 is 0.545 bits per heavy atom. The average Bonchev–Trinajstić information content (AvgIpc) is 2.38. The van der Waals surface area contributed by atoms with Gasteiger partial charge in [0, 0.05) is 21.2 Å². The molecule has 0 spiro atoms. The summed E-state index contributed by atoms with van der Waals surface area (Å²) in [7, 11) is 0. The Bertz CT molecular complexity index is 595. The van der Waals surface area contributed by atoms with Crippen LogP contribution in [0.3, 0.4) is 0 Å². The van der Waals surface area contributed by atoms with Gasteiger partial charge < -0.3 is 0 Å². The molecule has 0 amide bonds. The molecule has 0 heterocycles. The van der Waals surface area contributed by atoms with Crippen LogP contribution < -0.4 is 0 Å². The Hall–Kier alpha value is 0.760. The molecule has 0 saturated carbocycles. The summed E-state index contributed by atoms with van der Waals surface area (Å²) in [6, 6.07) is 13.5. The maximum absolute atomic E-state index is 5.67. The zero-order chi connectivity index (χ0) is 17.0. The summed E-state index contributed by atoms with van der Waals surface area (Å²) in [6.07, 6.45) is 0. The molecule has 120 valence electrons. The van der Waals surface area contributed by atoms with E-state index < -0.39 is 7.59 Å². The highest BCUT2D eigenvalue weighted by atomic mass is 35.6. The van der Waals surface area contributed by atoms with Crippen molar-refractivity contribution in [1.29, 1.82) is 0 Å². The molecule has 2 aromatic rings. The lowest BCUT2D eigenvalue weighted by Gasteiger charge is -2.10. The molecule has 0 bridgehead atoms. The number of benzene rings is 2. The van der Waals surface area contributed by atoms with Crippen molar-refractivity contribution in [1.82, 2.24) is 0 Å².